The van der Waals surface area contributed by atoms with E-state index in [1.807, 2.05) is 42.6 Å². The number of piperazine rings is 1. The molecule has 1 amide bonds. The normalized spacial score (nSPS) is 14.3. The van der Waals surface area contributed by atoms with Crippen LogP contribution in [0.25, 0.3) is 11.4 Å². The summed E-state index contributed by atoms with van der Waals surface area (Å²) >= 11 is 5.33. The highest BCUT2D eigenvalue weighted by Crippen LogP contribution is 2.21. The largest absolute Gasteiger partial charge is 0.497 e. The van der Waals surface area contributed by atoms with Crippen molar-refractivity contribution in [1.29, 1.82) is 0 Å². The molecule has 1 aliphatic rings. The smallest absolute Gasteiger partial charge is 0.240 e. The summed E-state index contributed by atoms with van der Waals surface area (Å²) in [5, 5.41) is 10.0. The first kappa shape index (κ1) is 22.9. The Labute approximate surface area is 198 Å². The number of amides is 1. The van der Waals surface area contributed by atoms with Gasteiger partial charge in [0, 0.05) is 44.5 Å². The molecule has 0 radical (unpaired) electrons. The summed E-state index contributed by atoms with van der Waals surface area (Å²) in [6.07, 6.45) is 1.83. The molecule has 4 rings (SSSR count). The van der Waals surface area contributed by atoms with Crippen molar-refractivity contribution in [1.82, 2.24) is 30.0 Å². The second kappa shape index (κ2) is 10.6. The second-order valence-electron chi connectivity index (χ2n) is 7.89. The maximum atomic E-state index is 12.6. The molecular formula is C23H29N7O2S. The fourth-order valence-electron chi connectivity index (χ4n) is 3.83. The Morgan fingerprint density at radius 2 is 1.91 bits per heavy atom. The molecule has 1 aliphatic heterocycles. The van der Waals surface area contributed by atoms with Crippen LogP contribution >= 0.6 is 12.2 Å². The van der Waals surface area contributed by atoms with Crippen LogP contribution in [-0.4, -0.2) is 70.4 Å². The van der Waals surface area contributed by atoms with Gasteiger partial charge in [0.05, 0.1) is 7.11 Å². The molecule has 1 saturated heterocycles. The predicted molar refractivity (Wildman–Crippen MR) is 130 cm³/mol. The first-order valence-electron chi connectivity index (χ1n) is 11.1. The molecule has 0 atom stereocenters. The summed E-state index contributed by atoms with van der Waals surface area (Å²) in [5.74, 6) is 2.18. The van der Waals surface area contributed by atoms with Crippen molar-refractivity contribution in [3.05, 3.63) is 52.9 Å². The van der Waals surface area contributed by atoms with Gasteiger partial charge in [-0.2, -0.15) is 5.10 Å². The van der Waals surface area contributed by atoms with Gasteiger partial charge in [0.2, 0.25) is 5.91 Å². The van der Waals surface area contributed by atoms with Crippen molar-refractivity contribution in [2.75, 3.05) is 44.7 Å². The van der Waals surface area contributed by atoms with Gasteiger partial charge in [0.25, 0.3) is 0 Å². The van der Waals surface area contributed by atoms with Crippen LogP contribution in [0.1, 0.15) is 12.5 Å². The average Bonchev–Trinajstić information content (AvgIpc) is 3.23. The molecule has 0 aliphatic carbocycles. The summed E-state index contributed by atoms with van der Waals surface area (Å²) < 4.78 is 7.28. The van der Waals surface area contributed by atoms with Crippen LogP contribution in [0.5, 0.6) is 5.75 Å². The van der Waals surface area contributed by atoms with Crippen molar-refractivity contribution in [2.24, 2.45) is 0 Å². The molecule has 33 heavy (non-hydrogen) atoms. The van der Waals surface area contributed by atoms with Gasteiger partial charge in [-0.1, -0.05) is 13.0 Å². The lowest BCUT2D eigenvalue weighted by atomic mass is 10.2. The van der Waals surface area contributed by atoms with Crippen molar-refractivity contribution in [3.63, 3.8) is 0 Å². The number of ether oxygens (including phenoxy) is 1. The number of likely N-dealkylation sites (N-methyl/N-ethyl adjacent to an activating group) is 1. The van der Waals surface area contributed by atoms with Gasteiger partial charge < -0.3 is 19.9 Å². The lowest BCUT2D eigenvalue weighted by molar-refractivity contribution is -0.121. The van der Waals surface area contributed by atoms with Crippen LogP contribution in [0.2, 0.25) is 0 Å². The number of aromatic amines is 1. The Morgan fingerprint density at radius 3 is 2.55 bits per heavy atom. The molecule has 0 bridgehead atoms. The Hall–Kier alpha value is -3.24. The van der Waals surface area contributed by atoms with Crippen molar-refractivity contribution < 1.29 is 9.53 Å². The van der Waals surface area contributed by atoms with E-state index in [4.69, 9.17) is 17.0 Å². The molecular weight excluding hydrogens is 438 g/mol. The zero-order valence-electron chi connectivity index (χ0n) is 19.0. The number of pyridine rings is 1. The standard InChI is InChI=1S/C23H29N7O2S/c1-3-28-10-12-29(13-11-28)20-9-4-17(14-24-20)15-25-21(31)16-30-22(26-27-23(30)33)18-5-7-19(32-2)8-6-18/h4-9,14H,3,10-13,15-16H2,1-2H3,(H,25,31)(H,27,33). The maximum absolute atomic E-state index is 12.6. The molecule has 1 aromatic carbocycles. The number of carbonyl (C=O) groups is 1. The highest BCUT2D eigenvalue weighted by atomic mass is 32.1. The number of anilines is 1. The predicted octanol–water partition coefficient (Wildman–Crippen LogP) is 2.47. The van der Waals surface area contributed by atoms with E-state index in [1.165, 1.54) is 0 Å². The van der Waals surface area contributed by atoms with Gasteiger partial charge in [-0.15, -0.1) is 0 Å². The van der Waals surface area contributed by atoms with Gasteiger partial charge >= 0.3 is 0 Å². The van der Waals surface area contributed by atoms with Gasteiger partial charge in [-0.3, -0.25) is 14.5 Å². The zero-order chi connectivity index (χ0) is 23.2. The fraction of sp³-hybridized carbons (Fsp3) is 0.391. The number of rotatable bonds is 8. The third-order valence-corrected chi connectivity index (χ3v) is 6.16. The van der Waals surface area contributed by atoms with Gasteiger partial charge in [0.15, 0.2) is 10.6 Å². The quantitative estimate of drug-likeness (QED) is 0.492. The molecule has 9 nitrogen and oxygen atoms in total. The third-order valence-electron chi connectivity index (χ3n) is 5.85. The Bertz CT molecular complexity index is 1120. The van der Waals surface area contributed by atoms with Crippen molar-refractivity contribution in [2.45, 2.75) is 20.0 Å². The van der Waals surface area contributed by atoms with Gasteiger partial charge in [0.1, 0.15) is 18.1 Å². The molecule has 3 heterocycles. The highest BCUT2D eigenvalue weighted by molar-refractivity contribution is 7.71. The number of nitrogens with zero attached hydrogens (tertiary/aromatic N) is 5. The van der Waals surface area contributed by atoms with E-state index in [2.05, 4.69) is 37.2 Å². The summed E-state index contributed by atoms with van der Waals surface area (Å²) in [6.45, 7) is 7.85. The first-order valence-corrected chi connectivity index (χ1v) is 11.5. The van der Waals surface area contributed by atoms with Crippen LogP contribution in [-0.2, 0) is 17.9 Å². The van der Waals surface area contributed by atoms with Gasteiger partial charge in [-0.05, 0) is 54.7 Å². The summed E-state index contributed by atoms with van der Waals surface area (Å²) in [5.41, 5.74) is 1.79. The minimum Gasteiger partial charge on any atom is -0.497 e. The maximum Gasteiger partial charge on any atom is 0.240 e. The van der Waals surface area contributed by atoms with E-state index in [-0.39, 0.29) is 12.5 Å². The molecule has 0 saturated carbocycles. The van der Waals surface area contributed by atoms with Crippen LogP contribution in [0.3, 0.4) is 0 Å². The Balaban J connectivity index is 1.33. The lowest BCUT2D eigenvalue weighted by Gasteiger charge is -2.34. The van der Waals surface area contributed by atoms with Crippen LogP contribution in [0.4, 0.5) is 5.82 Å². The van der Waals surface area contributed by atoms with E-state index in [0.717, 1.165) is 55.4 Å². The second-order valence-corrected chi connectivity index (χ2v) is 8.28. The monoisotopic (exact) mass is 467 g/mol. The average molecular weight is 468 g/mol. The van der Waals surface area contributed by atoms with Crippen molar-refractivity contribution >= 4 is 23.9 Å². The van der Waals surface area contributed by atoms with Gasteiger partial charge in [-0.25, -0.2) is 4.98 Å². The molecule has 0 unspecified atom stereocenters. The number of hydrogen-bond acceptors (Lipinski definition) is 7. The molecule has 174 valence electrons. The molecule has 2 N–H and O–H groups in total. The van der Waals surface area contributed by atoms with E-state index < -0.39 is 0 Å². The number of H-pyrrole nitrogens is 1. The molecule has 2 aromatic heterocycles. The van der Waals surface area contributed by atoms with E-state index >= 15 is 0 Å². The fourth-order valence-corrected chi connectivity index (χ4v) is 4.02. The van der Waals surface area contributed by atoms with E-state index in [0.29, 0.717) is 17.1 Å². The van der Waals surface area contributed by atoms with Crippen LogP contribution < -0.4 is 15.0 Å². The molecule has 3 aromatic rings. The molecule has 0 spiro atoms. The summed E-state index contributed by atoms with van der Waals surface area (Å²) in [7, 11) is 1.62. The molecule has 1 fully saturated rings. The number of carbonyl (C=O) groups excluding carboxylic acids is 1. The Kier molecular flexibility index (Phi) is 7.36. The molecule has 10 heteroatoms. The number of hydrogen-bond donors (Lipinski definition) is 2. The SMILES string of the molecule is CCN1CCN(c2ccc(CNC(=O)Cn3c(-c4ccc(OC)cc4)n[nH]c3=S)cn2)CC1. The van der Waals surface area contributed by atoms with Crippen LogP contribution in [0, 0.1) is 4.77 Å². The Morgan fingerprint density at radius 1 is 1.15 bits per heavy atom. The number of methoxy groups -OCH3 is 1. The first-order chi connectivity index (χ1) is 16.1. The third kappa shape index (κ3) is 5.58. The topological polar surface area (TPSA) is 91.3 Å². The number of benzene rings is 1. The zero-order valence-corrected chi connectivity index (χ0v) is 19.8. The minimum absolute atomic E-state index is 0.0733. The van der Waals surface area contributed by atoms with E-state index in [9.17, 15) is 4.79 Å². The highest BCUT2D eigenvalue weighted by Gasteiger charge is 2.17. The van der Waals surface area contributed by atoms with Crippen LogP contribution in [0.15, 0.2) is 42.6 Å². The van der Waals surface area contributed by atoms with E-state index in [1.54, 1.807) is 11.7 Å². The number of nitrogens with one attached hydrogen (secondary N) is 2. The summed E-state index contributed by atoms with van der Waals surface area (Å²) in [4.78, 5) is 22.0. The lowest BCUT2D eigenvalue weighted by Crippen LogP contribution is -2.46. The van der Waals surface area contributed by atoms with Crippen molar-refractivity contribution in [3.8, 4) is 17.1 Å². The number of aromatic nitrogens is 4. The minimum atomic E-state index is -0.151. The summed E-state index contributed by atoms with van der Waals surface area (Å²) in [6, 6.07) is 11.5.